The van der Waals surface area contributed by atoms with Crippen LogP contribution in [-0.2, 0) is 11.2 Å². The standard InChI is InChI=1S/C13H18F2N2O/c1-9(8-16)17(2)12(18)7-6-10-4-3-5-11(14)13(10)15/h3-5,9H,6-8,16H2,1-2H3. The molecule has 0 radical (unpaired) electrons. The molecule has 1 atom stereocenters. The van der Waals surface area contributed by atoms with Gasteiger partial charge in [-0.2, -0.15) is 0 Å². The van der Waals surface area contributed by atoms with Crippen molar-refractivity contribution in [3.63, 3.8) is 0 Å². The maximum Gasteiger partial charge on any atom is 0.222 e. The first kappa shape index (κ1) is 14.6. The van der Waals surface area contributed by atoms with Gasteiger partial charge in [0.2, 0.25) is 5.91 Å². The molecule has 0 saturated carbocycles. The van der Waals surface area contributed by atoms with Gasteiger partial charge in [-0.3, -0.25) is 4.79 Å². The van der Waals surface area contributed by atoms with Crippen LogP contribution in [-0.4, -0.2) is 30.4 Å². The number of carbonyl (C=O) groups is 1. The molecule has 2 N–H and O–H groups in total. The van der Waals surface area contributed by atoms with Crippen LogP contribution in [0.15, 0.2) is 18.2 Å². The Balaban J connectivity index is 2.60. The van der Waals surface area contributed by atoms with Crippen molar-refractivity contribution in [2.45, 2.75) is 25.8 Å². The summed E-state index contributed by atoms with van der Waals surface area (Å²) in [5.41, 5.74) is 5.68. The van der Waals surface area contributed by atoms with Gasteiger partial charge in [-0.05, 0) is 25.0 Å². The summed E-state index contributed by atoms with van der Waals surface area (Å²) in [6, 6.07) is 3.92. The van der Waals surface area contributed by atoms with Crippen LogP contribution in [0.5, 0.6) is 0 Å². The SMILES string of the molecule is CC(CN)N(C)C(=O)CCc1cccc(F)c1F. The predicted octanol–water partition coefficient (Wildman–Crippen LogP) is 1.70. The van der Waals surface area contributed by atoms with E-state index < -0.39 is 11.6 Å². The highest BCUT2D eigenvalue weighted by Crippen LogP contribution is 2.13. The molecule has 5 heteroatoms. The molecule has 0 aromatic heterocycles. The Bertz CT molecular complexity index is 423. The number of halogens is 2. The van der Waals surface area contributed by atoms with E-state index in [1.807, 2.05) is 6.92 Å². The second-order valence-electron chi connectivity index (χ2n) is 4.30. The Morgan fingerprint density at radius 3 is 2.72 bits per heavy atom. The number of hydrogen-bond donors (Lipinski definition) is 1. The molecule has 0 heterocycles. The smallest absolute Gasteiger partial charge is 0.222 e. The Hall–Kier alpha value is -1.49. The summed E-state index contributed by atoms with van der Waals surface area (Å²) in [5, 5.41) is 0. The van der Waals surface area contributed by atoms with Crippen molar-refractivity contribution in [1.82, 2.24) is 4.90 Å². The molecule has 1 aromatic rings. The van der Waals surface area contributed by atoms with Crippen LogP contribution >= 0.6 is 0 Å². The lowest BCUT2D eigenvalue weighted by molar-refractivity contribution is -0.131. The summed E-state index contributed by atoms with van der Waals surface area (Å²) in [5.74, 6) is -1.89. The van der Waals surface area contributed by atoms with Gasteiger partial charge in [-0.25, -0.2) is 8.78 Å². The Morgan fingerprint density at radius 2 is 2.11 bits per heavy atom. The van der Waals surface area contributed by atoms with Gasteiger partial charge in [0.05, 0.1) is 0 Å². The lowest BCUT2D eigenvalue weighted by Crippen LogP contribution is -2.39. The van der Waals surface area contributed by atoms with E-state index in [0.717, 1.165) is 6.07 Å². The van der Waals surface area contributed by atoms with Crippen molar-refractivity contribution in [3.05, 3.63) is 35.4 Å². The minimum absolute atomic E-state index is 0.0603. The van der Waals surface area contributed by atoms with Gasteiger partial charge < -0.3 is 10.6 Å². The highest BCUT2D eigenvalue weighted by atomic mass is 19.2. The number of nitrogens with two attached hydrogens (primary N) is 1. The van der Waals surface area contributed by atoms with Crippen molar-refractivity contribution in [2.24, 2.45) is 5.73 Å². The monoisotopic (exact) mass is 256 g/mol. The van der Waals surface area contributed by atoms with Crippen LogP contribution in [0.3, 0.4) is 0 Å². The normalized spacial score (nSPS) is 12.3. The predicted molar refractivity (Wildman–Crippen MR) is 66.0 cm³/mol. The van der Waals surface area contributed by atoms with Crippen molar-refractivity contribution in [3.8, 4) is 0 Å². The first-order valence-electron chi connectivity index (χ1n) is 5.86. The molecule has 100 valence electrons. The summed E-state index contributed by atoms with van der Waals surface area (Å²) < 4.78 is 26.3. The fraction of sp³-hybridized carbons (Fsp3) is 0.462. The fourth-order valence-electron chi connectivity index (χ4n) is 1.56. The van der Waals surface area contributed by atoms with E-state index in [1.54, 1.807) is 7.05 Å². The summed E-state index contributed by atoms with van der Waals surface area (Å²) in [7, 11) is 1.65. The molecule has 0 aliphatic carbocycles. The largest absolute Gasteiger partial charge is 0.342 e. The summed E-state index contributed by atoms with van der Waals surface area (Å²) in [4.78, 5) is 13.3. The van der Waals surface area contributed by atoms with Crippen molar-refractivity contribution < 1.29 is 13.6 Å². The molecule has 1 aromatic carbocycles. The Labute approximate surface area is 106 Å². The number of rotatable bonds is 5. The lowest BCUT2D eigenvalue weighted by atomic mass is 10.1. The average Bonchev–Trinajstić information content (AvgIpc) is 2.38. The van der Waals surface area contributed by atoms with Crippen LogP contribution < -0.4 is 5.73 Å². The van der Waals surface area contributed by atoms with Crippen LogP contribution in [0, 0.1) is 11.6 Å². The maximum atomic E-state index is 13.4. The van der Waals surface area contributed by atoms with Gasteiger partial charge in [0.1, 0.15) is 0 Å². The van der Waals surface area contributed by atoms with Crippen molar-refractivity contribution in [2.75, 3.05) is 13.6 Å². The molecule has 0 aliphatic rings. The second kappa shape index (κ2) is 6.44. The van der Waals surface area contributed by atoms with Crippen LogP contribution in [0.25, 0.3) is 0 Å². The number of amides is 1. The van der Waals surface area contributed by atoms with Gasteiger partial charge in [0, 0.05) is 26.1 Å². The Kier molecular flexibility index (Phi) is 5.22. The fourth-order valence-corrected chi connectivity index (χ4v) is 1.56. The van der Waals surface area contributed by atoms with Gasteiger partial charge >= 0.3 is 0 Å². The van der Waals surface area contributed by atoms with Crippen molar-refractivity contribution >= 4 is 5.91 Å². The third kappa shape index (κ3) is 3.50. The van der Waals surface area contributed by atoms with E-state index in [0.29, 0.717) is 6.54 Å². The quantitative estimate of drug-likeness (QED) is 0.871. The lowest BCUT2D eigenvalue weighted by Gasteiger charge is -2.23. The first-order chi connectivity index (χ1) is 8.47. The first-order valence-corrected chi connectivity index (χ1v) is 5.86. The summed E-state index contributed by atoms with van der Waals surface area (Å²) in [6.45, 7) is 2.21. The van der Waals surface area contributed by atoms with Gasteiger partial charge in [-0.1, -0.05) is 12.1 Å². The number of benzene rings is 1. The van der Waals surface area contributed by atoms with Gasteiger partial charge in [0.25, 0.3) is 0 Å². The topological polar surface area (TPSA) is 46.3 Å². The molecule has 1 rings (SSSR count). The molecule has 0 fully saturated rings. The minimum Gasteiger partial charge on any atom is -0.342 e. The van der Waals surface area contributed by atoms with Gasteiger partial charge in [-0.15, -0.1) is 0 Å². The molecule has 18 heavy (non-hydrogen) atoms. The van der Waals surface area contributed by atoms with Crippen LogP contribution in [0.2, 0.25) is 0 Å². The van der Waals surface area contributed by atoms with E-state index >= 15 is 0 Å². The van der Waals surface area contributed by atoms with Crippen LogP contribution in [0.4, 0.5) is 8.78 Å². The number of nitrogens with zero attached hydrogens (tertiary/aromatic N) is 1. The van der Waals surface area contributed by atoms with E-state index in [4.69, 9.17) is 5.73 Å². The minimum atomic E-state index is -0.886. The third-order valence-electron chi connectivity index (χ3n) is 3.04. The van der Waals surface area contributed by atoms with E-state index in [1.165, 1.54) is 17.0 Å². The molecule has 3 nitrogen and oxygen atoms in total. The molecule has 0 bridgehead atoms. The molecule has 0 aliphatic heterocycles. The van der Waals surface area contributed by atoms with E-state index in [2.05, 4.69) is 0 Å². The van der Waals surface area contributed by atoms with E-state index in [-0.39, 0.29) is 30.4 Å². The van der Waals surface area contributed by atoms with E-state index in [9.17, 15) is 13.6 Å². The van der Waals surface area contributed by atoms with Crippen molar-refractivity contribution in [1.29, 1.82) is 0 Å². The molecule has 1 unspecified atom stereocenters. The summed E-state index contributed by atoms with van der Waals surface area (Å²) in [6.07, 6.45) is 0.325. The number of likely N-dealkylation sites (N-methyl/N-ethyl adjacent to an activating group) is 1. The molecular formula is C13H18F2N2O. The van der Waals surface area contributed by atoms with Gasteiger partial charge in [0.15, 0.2) is 11.6 Å². The Morgan fingerprint density at radius 1 is 1.44 bits per heavy atom. The average molecular weight is 256 g/mol. The summed E-state index contributed by atoms with van der Waals surface area (Å²) >= 11 is 0. The molecule has 0 spiro atoms. The molecule has 0 saturated heterocycles. The zero-order valence-electron chi connectivity index (χ0n) is 10.6. The number of hydrogen-bond acceptors (Lipinski definition) is 2. The zero-order valence-corrected chi connectivity index (χ0v) is 10.6. The number of carbonyl (C=O) groups excluding carboxylic acids is 1. The maximum absolute atomic E-state index is 13.4. The highest BCUT2D eigenvalue weighted by Gasteiger charge is 2.15. The molecule has 1 amide bonds. The van der Waals surface area contributed by atoms with Crippen LogP contribution in [0.1, 0.15) is 18.9 Å². The third-order valence-corrected chi connectivity index (χ3v) is 3.04. The highest BCUT2D eigenvalue weighted by molar-refractivity contribution is 5.76. The zero-order chi connectivity index (χ0) is 13.7. The second-order valence-corrected chi connectivity index (χ2v) is 4.30. The number of aryl methyl sites for hydroxylation is 1. The molecular weight excluding hydrogens is 238 g/mol.